The van der Waals surface area contributed by atoms with Gasteiger partial charge in [0.15, 0.2) is 0 Å². The second kappa shape index (κ2) is 5.88. The summed E-state index contributed by atoms with van der Waals surface area (Å²) >= 11 is 0. The Morgan fingerprint density at radius 1 is 1.45 bits per heavy atom. The highest BCUT2D eigenvalue weighted by Gasteiger charge is 2.56. The van der Waals surface area contributed by atoms with Crippen molar-refractivity contribution in [1.29, 1.82) is 0 Å². The quantitative estimate of drug-likeness (QED) is 0.434. The molecule has 0 spiro atoms. The number of carboxylic acids is 1. The monoisotopic (exact) mass is 304 g/mol. The molecule has 1 saturated carbocycles. The van der Waals surface area contributed by atoms with Gasteiger partial charge < -0.3 is 14.6 Å². The number of hydrogen-bond acceptors (Lipinski definition) is 4. The minimum absolute atomic E-state index is 0.0757. The van der Waals surface area contributed by atoms with Crippen molar-refractivity contribution < 1.29 is 19.4 Å². The van der Waals surface area contributed by atoms with Crippen LogP contribution in [-0.4, -0.2) is 35.5 Å². The van der Waals surface area contributed by atoms with Crippen molar-refractivity contribution in [2.24, 2.45) is 5.92 Å². The predicted octanol–water partition coefficient (Wildman–Crippen LogP) is 1.15. The minimum atomic E-state index is -1.25. The van der Waals surface area contributed by atoms with E-state index >= 15 is 0 Å². The molecule has 2 fully saturated rings. The molecule has 0 aromatic heterocycles. The van der Waals surface area contributed by atoms with Gasteiger partial charge in [0.1, 0.15) is 0 Å². The number of carbonyl (C=O) groups is 2. The van der Waals surface area contributed by atoms with Crippen molar-refractivity contribution in [1.82, 2.24) is 4.90 Å². The molecule has 3 atom stereocenters. The smallest absolute Gasteiger partial charge is 0.256 e. The van der Waals surface area contributed by atoms with Gasteiger partial charge in [-0.3, -0.25) is 9.69 Å². The number of ether oxygens (including phenoxy) is 1. The predicted molar refractivity (Wildman–Crippen MR) is 78.4 cm³/mol. The van der Waals surface area contributed by atoms with E-state index in [2.05, 4.69) is 6.92 Å². The number of unbranched alkanes of at least 4 members (excludes halogenated alkanes) is 1. The molecule has 120 valence electrons. The lowest BCUT2D eigenvalue weighted by molar-refractivity contribution is -0.301. The number of fused-ring (bicyclic) bond motifs is 3. The number of hydrogen-bond donors (Lipinski definition) is 0. The van der Waals surface area contributed by atoms with Gasteiger partial charge in [-0.25, -0.2) is 0 Å². The van der Waals surface area contributed by atoms with E-state index in [1.165, 1.54) is 4.90 Å². The summed E-state index contributed by atoms with van der Waals surface area (Å²) in [7, 11) is 0. The molecule has 0 aromatic rings. The summed E-state index contributed by atoms with van der Waals surface area (Å²) in [4.78, 5) is 25.2. The molecule has 1 aliphatic carbocycles. The highest BCUT2D eigenvalue weighted by Crippen LogP contribution is 2.51. The lowest BCUT2D eigenvalue weighted by Gasteiger charge is -2.42. The summed E-state index contributed by atoms with van der Waals surface area (Å²) in [5.74, 6) is -1.37. The van der Waals surface area contributed by atoms with Gasteiger partial charge in [0.25, 0.3) is 5.91 Å². The zero-order chi connectivity index (χ0) is 15.9. The van der Waals surface area contributed by atoms with Crippen molar-refractivity contribution in [2.75, 3.05) is 6.61 Å². The second-order valence-corrected chi connectivity index (χ2v) is 6.21. The highest BCUT2D eigenvalue weighted by molar-refractivity contribution is 6.08. The van der Waals surface area contributed by atoms with E-state index in [-0.39, 0.29) is 29.7 Å². The summed E-state index contributed by atoms with van der Waals surface area (Å²) in [6.07, 6.45) is 6.36. The Labute approximate surface area is 130 Å². The zero-order valence-electron chi connectivity index (χ0n) is 13.1. The average Bonchev–Trinajstić information content (AvgIpc) is 2.80. The van der Waals surface area contributed by atoms with Crippen LogP contribution in [0.15, 0.2) is 22.9 Å². The van der Waals surface area contributed by atoms with Gasteiger partial charge in [-0.2, -0.15) is 0 Å². The number of carboxylic acid groups (broad SMARTS) is 1. The van der Waals surface area contributed by atoms with E-state index in [1.54, 1.807) is 6.08 Å². The molecule has 0 bridgehead atoms. The number of allylic oxidation sites excluding steroid dienone is 1. The molecular formula is C17H22NO4-. The lowest BCUT2D eigenvalue weighted by atomic mass is 9.75. The molecular weight excluding hydrogens is 282 g/mol. The average molecular weight is 304 g/mol. The number of carbonyl (C=O) groups excluding carboxylic acids is 2. The normalized spacial score (nSPS) is 32.1. The Morgan fingerprint density at radius 2 is 2.23 bits per heavy atom. The Hall–Kier alpha value is -1.62. The third-order valence-corrected chi connectivity index (χ3v) is 5.01. The molecule has 3 rings (SSSR count). The number of β-lactam (4-membered cyclic amide) rings is 1. The van der Waals surface area contributed by atoms with E-state index in [0.29, 0.717) is 6.61 Å². The number of aliphatic carboxylic acids is 1. The van der Waals surface area contributed by atoms with Crippen LogP contribution in [0.2, 0.25) is 0 Å². The van der Waals surface area contributed by atoms with Crippen LogP contribution in [0.3, 0.4) is 0 Å². The summed E-state index contributed by atoms with van der Waals surface area (Å²) in [6, 6.07) is -0.113. The second-order valence-electron chi connectivity index (χ2n) is 6.21. The fraction of sp³-hybridized carbons (Fsp3) is 0.647. The van der Waals surface area contributed by atoms with E-state index in [1.807, 2.05) is 6.92 Å². The van der Waals surface area contributed by atoms with Gasteiger partial charge in [-0.05, 0) is 38.2 Å². The van der Waals surface area contributed by atoms with Gasteiger partial charge in [0, 0.05) is 18.1 Å². The van der Waals surface area contributed by atoms with Gasteiger partial charge in [-0.1, -0.05) is 19.4 Å². The fourth-order valence-electron chi connectivity index (χ4n) is 4.02. The molecule has 0 radical (unpaired) electrons. The maximum Gasteiger partial charge on any atom is 0.256 e. The number of amides is 1. The molecule has 0 N–H and O–H groups in total. The molecule has 0 unspecified atom stereocenters. The van der Waals surface area contributed by atoms with Crippen LogP contribution in [0.4, 0.5) is 0 Å². The molecule has 3 aliphatic rings. The van der Waals surface area contributed by atoms with Crippen LogP contribution < -0.4 is 5.11 Å². The molecule has 2 heterocycles. The van der Waals surface area contributed by atoms with Crippen molar-refractivity contribution in [3.8, 4) is 0 Å². The Kier molecular flexibility index (Phi) is 4.08. The Balaban J connectivity index is 1.93. The first kappa shape index (κ1) is 15.3. The highest BCUT2D eigenvalue weighted by atomic mass is 16.5. The van der Waals surface area contributed by atoms with E-state index in [9.17, 15) is 14.7 Å². The van der Waals surface area contributed by atoms with Crippen molar-refractivity contribution >= 4 is 11.9 Å². The standard InChI is InChI=1S/C17H23NO4/c1-3-5-9-22-12-8-6-7-11-13(12)15(17(20)21)18-14(11)10(4-2)16(18)19/h4,11-12,14H,3,5-9H2,1-2H3,(H,20,21)/p-1/b10-4+/t11-,12-,14-/m0/s1. The van der Waals surface area contributed by atoms with E-state index in [4.69, 9.17) is 4.74 Å². The number of rotatable bonds is 5. The first-order valence-electron chi connectivity index (χ1n) is 8.18. The third-order valence-electron chi connectivity index (χ3n) is 5.01. The van der Waals surface area contributed by atoms with Gasteiger partial charge in [-0.15, -0.1) is 0 Å². The number of nitrogens with zero attached hydrogens (tertiary/aromatic N) is 1. The maximum atomic E-state index is 12.2. The molecule has 1 amide bonds. The van der Waals surface area contributed by atoms with Crippen LogP contribution in [0.25, 0.3) is 0 Å². The van der Waals surface area contributed by atoms with Crippen LogP contribution >= 0.6 is 0 Å². The first-order valence-corrected chi connectivity index (χ1v) is 8.18. The fourth-order valence-corrected chi connectivity index (χ4v) is 4.02. The van der Waals surface area contributed by atoms with Crippen LogP contribution in [0.1, 0.15) is 46.0 Å². The van der Waals surface area contributed by atoms with Crippen LogP contribution in [0, 0.1) is 5.92 Å². The van der Waals surface area contributed by atoms with Gasteiger partial charge in [0.2, 0.25) is 0 Å². The Bertz CT molecular complexity index is 563. The maximum absolute atomic E-state index is 12.2. The summed E-state index contributed by atoms with van der Waals surface area (Å²) < 4.78 is 5.94. The molecule has 22 heavy (non-hydrogen) atoms. The minimum Gasteiger partial charge on any atom is -0.543 e. The van der Waals surface area contributed by atoms with Crippen molar-refractivity contribution in [3.63, 3.8) is 0 Å². The molecule has 2 aliphatic heterocycles. The van der Waals surface area contributed by atoms with Crippen LogP contribution in [0.5, 0.6) is 0 Å². The summed E-state index contributed by atoms with van der Waals surface area (Å²) in [5, 5.41) is 11.6. The van der Waals surface area contributed by atoms with Gasteiger partial charge >= 0.3 is 0 Å². The van der Waals surface area contributed by atoms with Crippen LogP contribution in [-0.2, 0) is 14.3 Å². The topological polar surface area (TPSA) is 69.7 Å². The largest absolute Gasteiger partial charge is 0.543 e. The van der Waals surface area contributed by atoms with Crippen molar-refractivity contribution in [3.05, 3.63) is 22.9 Å². The molecule has 0 aromatic carbocycles. The summed E-state index contributed by atoms with van der Waals surface area (Å²) in [6.45, 7) is 4.56. The molecule has 1 saturated heterocycles. The van der Waals surface area contributed by atoms with Crippen molar-refractivity contribution in [2.45, 2.75) is 58.1 Å². The van der Waals surface area contributed by atoms with E-state index < -0.39 is 5.97 Å². The summed E-state index contributed by atoms with van der Waals surface area (Å²) in [5.41, 5.74) is 1.59. The molecule has 5 nitrogen and oxygen atoms in total. The lowest BCUT2D eigenvalue weighted by Crippen LogP contribution is -2.56. The zero-order valence-corrected chi connectivity index (χ0v) is 13.1. The third kappa shape index (κ3) is 2.10. The van der Waals surface area contributed by atoms with E-state index in [0.717, 1.165) is 43.3 Å². The first-order chi connectivity index (χ1) is 10.6. The SMILES string of the molecule is C/C=C1/C(=O)N2C(C(=O)[O-])=C3[C@@H](OCCCC)CCC[C@@H]3[C@H]12. The molecule has 5 heteroatoms. The Morgan fingerprint density at radius 3 is 2.86 bits per heavy atom. The van der Waals surface area contributed by atoms with Gasteiger partial charge in [0.05, 0.1) is 23.8 Å².